The van der Waals surface area contributed by atoms with Gasteiger partial charge in [-0.1, -0.05) is 94.5 Å². The summed E-state index contributed by atoms with van der Waals surface area (Å²) in [5.74, 6) is 0.579. The average molecular weight is 890 g/mol. The van der Waals surface area contributed by atoms with Gasteiger partial charge in [0.2, 0.25) is 0 Å². The molecule has 0 fully saturated rings. The van der Waals surface area contributed by atoms with Gasteiger partial charge in [-0.15, -0.1) is 0 Å². The van der Waals surface area contributed by atoms with Crippen molar-refractivity contribution in [1.82, 2.24) is 9.97 Å². The molecule has 3 aromatic heterocycles. The highest BCUT2D eigenvalue weighted by Crippen LogP contribution is 2.36. The van der Waals surface area contributed by atoms with Gasteiger partial charge in [0.05, 0.1) is 23.0 Å². The molecule has 6 rings (SSSR count). The van der Waals surface area contributed by atoms with E-state index in [1.54, 1.807) is 12.1 Å². The number of hydrogen-bond acceptors (Lipinski definition) is 5. The molecule has 3 heterocycles. The average Bonchev–Trinajstić information content (AvgIpc) is 3.28. The molecule has 0 amide bonds. The number of nitrogens with zero attached hydrogens (tertiary/aromatic N) is 5. The molecule has 0 spiro atoms. The van der Waals surface area contributed by atoms with Crippen molar-refractivity contribution in [3.63, 3.8) is 0 Å². The molecule has 4 N–H and O–H groups in total. The monoisotopic (exact) mass is 889 g/mol. The molecule has 0 aliphatic heterocycles. The summed E-state index contributed by atoms with van der Waals surface area (Å²) in [7, 11) is -7.76. The van der Waals surface area contributed by atoms with Gasteiger partial charge >= 0.3 is 15.2 Å². The third-order valence-corrected chi connectivity index (χ3v) is 12.8. The Bertz CT molecular complexity index is 2320. The van der Waals surface area contributed by atoms with E-state index in [0.717, 1.165) is 128 Å². The van der Waals surface area contributed by atoms with E-state index in [-0.39, 0.29) is 19.8 Å². The Morgan fingerprint density at radius 1 is 0.444 bits per heavy atom. The normalized spacial score (nSPS) is 11.5. The van der Waals surface area contributed by atoms with Gasteiger partial charge in [-0.05, 0) is 78.3 Å². The van der Waals surface area contributed by atoms with E-state index in [0.29, 0.717) is 24.2 Å². The molecule has 0 bridgehead atoms. The van der Waals surface area contributed by atoms with Crippen molar-refractivity contribution in [3.05, 3.63) is 133 Å². The summed E-state index contributed by atoms with van der Waals surface area (Å²) in [4.78, 5) is 46.0. The standard InChI is InChI=1S/C49H55N5O6P2.CH4/c50-38-39-13-15-46(16-14-39)49-51-47(44-21-17-40(18-22-44)42-25-31-53(32-26-42)29-9-5-1-3-7-11-35-61(55,56)57)37-48(52-49)45-23-19-41(20-24-45)43-27-33-54(34-28-43)30-10-6-2-4-8-12-36-62(58,59)60;/h13-28,31-34,37H,1-12,29-30,35-36H2,(H2-2,55,56,57,58,59,60);1H4/p+2. The van der Waals surface area contributed by atoms with Gasteiger partial charge in [0.25, 0.3) is 0 Å². The second-order valence-corrected chi connectivity index (χ2v) is 19.5. The lowest BCUT2D eigenvalue weighted by atomic mass is 10.0. The molecular formula is C50H61N5O6P2+2. The zero-order valence-corrected chi connectivity index (χ0v) is 37.0. The molecule has 330 valence electrons. The third kappa shape index (κ3) is 16.2. The molecule has 0 saturated heterocycles. The molecule has 0 unspecified atom stereocenters. The van der Waals surface area contributed by atoms with E-state index < -0.39 is 15.2 Å². The first kappa shape index (κ1) is 48.9. The fraction of sp³-hybridized carbons (Fsp3) is 0.340. The van der Waals surface area contributed by atoms with Crippen molar-refractivity contribution in [3.8, 4) is 62.2 Å². The molecule has 6 aromatic rings. The summed E-state index contributed by atoms with van der Waals surface area (Å²) in [5, 5.41) is 9.39. The molecule has 13 heteroatoms. The first-order valence-electron chi connectivity index (χ1n) is 21.6. The van der Waals surface area contributed by atoms with Gasteiger partial charge in [0.1, 0.15) is 13.1 Å². The third-order valence-electron chi connectivity index (χ3n) is 11.0. The summed E-state index contributed by atoms with van der Waals surface area (Å²) in [5.41, 5.74) is 9.37. The lowest BCUT2D eigenvalue weighted by molar-refractivity contribution is -0.697. The van der Waals surface area contributed by atoms with Crippen molar-refractivity contribution in [1.29, 1.82) is 5.26 Å². The maximum atomic E-state index is 11.0. The summed E-state index contributed by atoms with van der Waals surface area (Å²) in [6, 6.07) is 36.9. The summed E-state index contributed by atoms with van der Waals surface area (Å²) >= 11 is 0. The number of pyridine rings is 2. The van der Waals surface area contributed by atoms with Crippen LogP contribution < -0.4 is 9.13 Å². The van der Waals surface area contributed by atoms with Crippen LogP contribution in [0.1, 0.15) is 90.0 Å². The number of rotatable bonds is 23. The predicted octanol–water partition coefficient (Wildman–Crippen LogP) is 10.9. The quantitative estimate of drug-likeness (QED) is 0.0277. The van der Waals surface area contributed by atoms with Crippen LogP contribution in [0.3, 0.4) is 0 Å². The highest BCUT2D eigenvalue weighted by atomic mass is 31.2. The molecule has 0 aliphatic rings. The number of unbranched alkanes of at least 4 members (excludes halogenated alkanes) is 10. The number of hydrogen-bond donors (Lipinski definition) is 4. The minimum absolute atomic E-state index is 0. The van der Waals surface area contributed by atoms with E-state index in [1.807, 2.05) is 18.2 Å². The number of benzene rings is 3. The predicted molar refractivity (Wildman–Crippen MR) is 250 cm³/mol. The van der Waals surface area contributed by atoms with E-state index in [1.165, 1.54) is 0 Å². The van der Waals surface area contributed by atoms with Crippen LogP contribution in [-0.2, 0) is 22.2 Å². The maximum Gasteiger partial charge on any atom is 0.325 e. The van der Waals surface area contributed by atoms with Gasteiger partial charge in [0, 0.05) is 66.1 Å². The van der Waals surface area contributed by atoms with Gasteiger partial charge < -0.3 is 19.6 Å². The minimum Gasteiger partial charge on any atom is -0.324 e. The second kappa shape index (κ2) is 24.0. The molecular weight excluding hydrogens is 829 g/mol. The Morgan fingerprint density at radius 2 is 0.762 bits per heavy atom. The Kier molecular flexibility index (Phi) is 18.6. The molecule has 11 nitrogen and oxygen atoms in total. The molecule has 0 saturated carbocycles. The molecule has 0 atom stereocenters. The fourth-order valence-electron chi connectivity index (χ4n) is 7.47. The van der Waals surface area contributed by atoms with Gasteiger partial charge in [0.15, 0.2) is 30.6 Å². The Labute approximate surface area is 372 Å². The van der Waals surface area contributed by atoms with Crippen LogP contribution in [0.25, 0.3) is 56.2 Å². The summed E-state index contributed by atoms with van der Waals surface area (Å²) in [6.07, 6.45) is 19.7. The van der Waals surface area contributed by atoms with Crippen LogP contribution in [0.4, 0.5) is 0 Å². The van der Waals surface area contributed by atoms with Gasteiger partial charge in [-0.2, -0.15) is 5.26 Å². The molecule has 3 aromatic carbocycles. The van der Waals surface area contributed by atoms with Crippen LogP contribution in [0.2, 0.25) is 0 Å². The maximum absolute atomic E-state index is 11.0. The smallest absolute Gasteiger partial charge is 0.324 e. The van der Waals surface area contributed by atoms with Gasteiger partial charge in [-0.25, -0.2) is 19.1 Å². The van der Waals surface area contributed by atoms with Crippen molar-refractivity contribution in [2.24, 2.45) is 0 Å². The van der Waals surface area contributed by atoms with Crippen LogP contribution in [0.5, 0.6) is 0 Å². The Balaban J connectivity index is 0.00000748. The van der Waals surface area contributed by atoms with Crippen LogP contribution in [-0.4, -0.2) is 41.9 Å². The lowest BCUT2D eigenvalue weighted by Crippen LogP contribution is -2.32. The minimum atomic E-state index is -3.88. The van der Waals surface area contributed by atoms with Crippen molar-refractivity contribution >= 4 is 15.2 Å². The van der Waals surface area contributed by atoms with Crippen LogP contribution >= 0.6 is 15.2 Å². The summed E-state index contributed by atoms with van der Waals surface area (Å²) < 4.78 is 26.4. The van der Waals surface area contributed by atoms with Crippen LogP contribution in [0.15, 0.2) is 128 Å². The topological polar surface area (TPSA) is 172 Å². The SMILES string of the molecule is C.N#Cc1ccc(-c2nc(-c3ccc(-c4cc[n+](CCCCCCCCP(=O)(O)O)cc4)cc3)cc(-c3ccc(-c4cc[n+](CCCCCCCCP(=O)(O)O)cc4)cc3)n2)cc1. The van der Waals surface area contributed by atoms with Crippen LogP contribution in [0, 0.1) is 11.3 Å². The zero-order chi connectivity index (χ0) is 43.8. The highest BCUT2D eigenvalue weighted by Gasteiger charge is 2.14. The first-order valence-corrected chi connectivity index (χ1v) is 25.2. The highest BCUT2D eigenvalue weighted by molar-refractivity contribution is 7.52. The van der Waals surface area contributed by atoms with E-state index >= 15 is 0 Å². The Morgan fingerprint density at radius 3 is 1.13 bits per heavy atom. The summed E-state index contributed by atoms with van der Waals surface area (Å²) in [6.45, 7) is 1.85. The van der Waals surface area contributed by atoms with E-state index in [4.69, 9.17) is 29.5 Å². The van der Waals surface area contributed by atoms with Gasteiger partial charge in [-0.3, -0.25) is 9.13 Å². The largest absolute Gasteiger partial charge is 0.325 e. The molecule has 0 aliphatic carbocycles. The number of aromatic nitrogens is 4. The van der Waals surface area contributed by atoms with Crippen molar-refractivity contribution in [2.75, 3.05) is 12.3 Å². The molecule has 0 radical (unpaired) electrons. The zero-order valence-electron chi connectivity index (χ0n) is 35.2. The number of nitriles is 1. The first-order chi connectivity index (χ1) is 29.9. The van der Waals surface area contributed by atoms with E-state index in [2.05, 4.69) is 113 Å². The van der Waals surface area contributed by atoms with Crippen molar-refractivity contribution in [2.45, 2.75) is 97.6 Å². The lowest BCUT2D eigenvalue weighted by Gasteiger charge is -2.11. The van der Waals surface area contributed by atoms with E-state index in [9.17, 15) is 14.4 Å². The number of aryl methyl sites for hydroxylation is 2. The second-order valence-electron chi connectivity index (χ2n) is 16.0. The molecule has 63 heavy (non-hydrogen) atoms. The fourth-order valence-corrected chi connectivity index (χ4v) is 8.74. The Hall–Kier alpha value is -5.17. The van der Waals surface area contributed by atoms with Crippen molar-refractivity contribution < 1.29 is 37.8 Å².